The molecule has 2 heterocycles. The second-order valence-corrected chi connectivity index (χ2v) is 6.72. The minimum Gasteiger partial charge on any atom is -0.371 e. The minimum absolute atomic E-state index is 0.0776. The Morgan fingerprint density at radius 2 is 1.82 bits per heavy atom. The Morgan fingerprint density at radius 3 is 2.41 bits per heavy atom. The van der Waals surface area contributed by atoms with E-state index in [1.807, 2.05) is 19.9 Å². The highest BCUT2D eigenvalue weighted by Crippen LogP contribution is 2.38. The average Bonchev–Trinajstić information content (AvgIpc) is 2.74. The van der Waals surface area contributed by atoms with Gasteiger partial charge in [-0.2, -0.15) is 0 Å². The number of hydrogen-bond donors (Lipinski definition) is 1. The molecule has 0 atom stereocenters. The summed E-state index contributed by atoms with van der Waals surface area (Å²) in [7, 11) is 1.78. The molecule has 6 nitrogen and oxygen atoms in total. The Labute approximate surface area is 130 Å². The molecule has 0 spiro atoms. The molecule has 0 saturated heterocycles. The number of anilines is 1. The fourth-order valence-electron chi connectivity index (χ4n) is 3.09. The lowest BCUT2D eigenvalue weighted by atomic mass is 9.76. The first-order chi connectivity index (χ1) is 10.3. The van der Waals surface area contributed by atoms with E-state index in [9.17, 15) is 4.79 Å². The molecule has 116 valence electrons. The van der Waals surface area contributed by atoms with Gasteiger partial charge in [-0.15, -0.1) is 5.10 Å². The monoisotopic (exact) mass is 299 g/mol. The minimum atomic E-state index is -0.0776. The number of carbonyl (C=O) groups excluding carboxylic acids is 1. The summed E-state index contributed by atoms with van der Waals surface area (Å²) in [6, 6.07) is 1.92. The maximum Gasteiger partial charge on any atom is 0.251 e. The zero-order valence-corrected chi connectivity index (χ0v) is 13.7. The third kappa shape index (κ3) is 2.38. The van der Waals surface area contributed by atoms with Crippen molar-refractivity contribution in [1.82, 2.24) is 19.7 Å². The van der Waals surface area contributed by atoms with Gasteiger partial charge in [0.25, 0.3) is 5.95 Å². The fraction of sp³-hybridized carbons (Fsp3) is 0.500. The van der Waals surface area contributed by atoms with Crippen molar-refractivity contribution in [3.05, 3.63) is 28.7 Å². The van der Waals surface area contributed by atoms with Crippen LogP contribution in [0.25, 0.3) is 5.95 Å². The van der Waals surface area contributed by atoms with Crippen LogP contribution >= 0.6 is 0 Å². The quantitative estimate of drug-likeness (QED) is 0.922. The van der Waals surface area contributed by atoms with Gasteiger partial charge < -0.3 is 5.32 Å². The number of aromatic nitrogens is 4. The molecule has 0 fully saturated rings. The molecule has 0 aromatic carbocycles. The molecule has 0 saturated carbocycles. The van der Waals surface area contributed by atoms with Crippen molar-refractivity contribution in [2.45, 2.75) is 40.5 Å². The van der Waals surface area contributed by atoms with Crippen LogP contribution in [0.5, 0.6) is 0 Å². The highest BCUT2D eigenvalue weighted by atomic mass is 16.1. The molecule has 2 aromatic rings. The van der Waals surface area contributed by atoms with E-state index >= 15 is 0 Å². The van der Waals surface area contributed by atoms with Gasteiger partial charge in [0.15, 0.2) is 11.6 Å². The molecule has 22 heavy (non-hydrogen) atoms. The molecular weight excluding hydrogens is 278 g/mol. The Bertz CT molecular complexity index is 740. The lowest BCUT2D eigenvalue weighted by molar-refractivity contribution is 0.0911. The van der Waals surface area contributed by atoms with Gasteiger partial charge in [-0.3, -0.25) is 4.79 Å². The molecule has 2 aromatic heterocycles. The summed E-state index contributed by atoms with van der Waals surface area (Å²) >= 11 is 0. The van der Waals surface area contributed by atoms with Gasteiger partial charge in [0.05, 0.1) is 11.3 Å². The molecule has 0 amide bonds. The topological polar surface area (TPSA) is 72.7 Å². The third-order valence-corrected chi connectivity index (χ3v) is 3.94. The summed E-state index contributed by atoms with van der Waals surface area (Å²) < 4.78 is 1.72. The summed E-state index contributed by atoms with van der Waals surface area (Å²) in [5.41, 5.74) is 3.28. The molecular formula is C16H21N5O. The van der Waals surface area contributed by atoms with E-state index in [4.69, 9.17) is 0 Å². The Hall–Kier alpha value is -2.24. The van der Waals surface area contributed by atoms with Crippen LogP contribution in [0.2, 0.25) is 0 Å². The van der Waals surface area contributed by atoms with Gasteiger partial charge in [0.2, 0.25) is 0 Å². The average molecular weight is 299 g/mol. The van der Waals surface area contributed by atoms with E-state index in [1.54, 1.807) is 11.7 Å². The van der Waals surface area contributed by atoms with Crippen molar-refractivity contribution in [3.8, 4) is 5.95 Å². The van der Waals surface area contributed by atoms with Crippen LogP contribution in [0.15, 0.2) is 6.07 Å². The van der Waals surface area contributed by atoms with Crippen molar-refractivity contribution in [2.24, 2.45) is 5.41 Å². The van der Waals surface area contributed by atoms with E-state index in [0.717, 1.165) is 23.5 Å². The van der Waals surface area contributed by atoms with Crippen LogP contribution in [-0.2, 0) is 6.42 Å². The number of ketones is 1. The lowest BCUT2D eigenvalue weighted by Crippen LogP contribution is -2.28. The maximum absolute atomic E-state index is 12.5. The van der Waals surface area contributed by atoms with Crippen LogP contribution in [0.4, 0.5) is 5.82 Å². The summed E-state index contributed by atoms with van der Waals surface area (Å²) in [5, 5.41) is 7.56. The number of nitrogens with zero attached hydrogens (tertiary/aromatic N) is 4. The van der Waals surface area contributed by atoms with Crippen LogP contribution in [0, 0.1) is 19.3 Å². The van der Waals surface area contributed by atoms with Crippen molar-refractivity contribution >= 4 is 11.6 Å². The largest absolute Gasteiger partial charge is 0.371 e. The first-order valence-electron chi connectivity index (χ1n) is 7.46. The van der Waals surface area contributed by atoms with E-state index in [0.29, 0.717) is 23.8 Å². The molecule has 1 aliphatic rings. The number of nitrogens with one attached hydrogen (secondary N) is 1. The van der Waals surface area contributed by atoms with Crippen LogP contribution < -0.4 is 5.32 Å². The van der Waals surface area contributed by atoms with Crippen LogP contribution in [-0.4, -0.2) is 32.6 Å². The second-order valence-electron chi connectivity index (χ2n) is 6.72. The summed E-state index contributed by atoms with van der Waals surface area (Å²) in [4.78, 5) is 21.5. The van der Waals surface area contributed by atoms with E-state index in [-0.39, 0.29) is 11.2 Å². The SMILES string of the molecule is CNc1nn(-c2nc(C)cc(C)n2)c2c1C(=O)CC(C)(C)C2. The Morgan fingerprint density at radius 1 is 1.18 bits per heavy atom. The van der Waals surface area contributed by atoms with E-state index in [2.05, 4.69) is 34.2 Å². The van der Waals surface area contributed by atoms with Gasteiger partial charge in [-0.25, -0.2) is 14.6 Å². The highest BCUT2D eigenvalue weighted by molar-refractivity contribution is 6.03. The van der Waals surface area contributed by atoms with Crippen LogP contribution in [0.1, 0.15) is 47.7 Å². The zero-order chi connectivity index (χ0) is 16.1. The Kier molecular flexibility index (Phi) is 3.27. The van der Waals surface area contributed by atoms with Crippen molar-refractivity contribution in [2.75, 3.05) is 12.4 Å². The number of Topliss-reactive ketones (excluding diaryl/α,β-unsaturated/α-hetero) is 1. The highest BCUT2D eigenvalue weighted by Gasteiger charge is 2.37. The summed E-state index contributed by atoms with van der Waals surface area (Å²) in [6.45, 7) is 8.07. The molecule has 6 heteroatoms. The first-order valence-corrected chi connectivity index (χ1v) is 7.46. The molecule has 1 aliphatic carbocycles. The molecule has 0 aliphatic heterocycles. The number of rotatable bonds is 2. The predicted octanol–water partition coefficient (Wildman–Crippen LogP) is 2.48. The normalized spacial score (nSPS) is 16.5. The van der Waals surface area contributed by atoms with Crippen molar-refractivity contribution in [3.63, 3.8) is 0 Å². The standard InChI is InChI=1S/C16H21N5O/c1-9-6-10(2)19-15(18-9)21-11-7-16(3,4)8-12(22)13(11)14(17-5)20-21/h6H,7-8H2,1-5H3,(H,17,20). The van der Waals surface area contributed by atoms with Gasteiger partial charge in [-0.05, 0) is 31.7 Å². The molecule has 0 bridgehead atoms. The number of hydrogen-bond acceptors (Lipinski definition) is 5. The summed E-state index contributed by atoms with van der Waals surface area (Å²) in [5.74, 6) is 1.27. The number of aryl methyl sites for hydroxylation is 2. The van der Waals surface area contributed by atoms with Gasteiger partial charge >= 0.3 is 0 Å². The van der Waals surface area contributed by atoms with Crippen molar-refractivity contribution < 1.29 is 4.79 Å². The number of fused-ring (bicyclic) bond motifs is 1. The predicted molar refractivity (Wildman–Crippen MR) is 84.6 cm³/mol. The molecule has 3 rings (SSSR count). The maximum atomic E-state index is 12.5. The second kappa shape index (κ2) is 4.90. The van der Waals surface area contributed by atoms with Crippen LogP contribution in [0.3, 0.4) is 0 Å². The molecule has 0 radical (unpaired) electrons. The van der Waals surface area contributed by atoms with Gasteiger partial charge in [-0.1, -0.05) is 13.8 Å². The van der Waals surface area contributed by atoms with Gasteiger partial charge in [0.1, 0.15) is 0 Å². The first kappa shape index (κ1) is 14.7. The Balaban J connectivity index is 2.23. The summed E-state index contributed by atoms with van der Waals surface area (Å²) in [6.07, 6.45) is 1.31. The fourth-order valence-corrected chi connectivity index (χ4v) is 3.09. The van der Waals surface area contributed by atoms with Crippen molar-refractivity contribution in [1.29, 1.82) is 0 Å². The third-order valence-electron chi connectivity index (χ3n) is 3.94. The van der Waals surface area contributed by atoms with E-state index < -0.39 is 0 Å². The number of carbonyl (C=O) groups is 1. The smallest absolute Gasteiger partial charge is 0.251 e. The molecule has 0 unspecified atom stereocenters. The van der Waals surface area contributed by atoms with E-state index in [1.165, 1.54) is 0 Å². The zero-order valence-electron chi connectivity index (χ0n) is 13.7. The lowest BCUT2D eigenvalue weighted by Gasteiger charge is -2.28. The van der Waals surface area contributed by atoms with Gasteiger partial charge in [0, 0.05) is 24.9 Å². The molecule has 1 N–H and O–H groups in total.